The van der Waals surface area contributed by atoms with Crippen molar-refractivity contribution in [3.8, 4) is 0 Å². The molecule has 0 aromatic heterocycles. The first-order chi connectivity index (χ1) is 4.83. The molecule has 10 heavy (non-hydrogen) atoms. The van der Waals surface area contributed by atoms with Gasteiger partial charge in [-0.1, -0.05) is 21.6 Å². The maximum atomic E-state index is 4.31. The van der Waals surface area contributed by atoms with E-state index in [2.05, 4.69) is 25.3 Å². The largest absolute Gasteiger partial charge is 0.177 e. The quantitative estimate of drug-likeness (QED) is 0.323. The molecular weight excluding hydrogens is 220 g/mol. The van der Waals surface area contributed by atoms with Crippen molar-refractivity contribution in [1.29, 1.82) is 0 Å². The first-order valence-corrected chi connectivity index (χ1v) is 7.59. The molecule has 0 spiro atoms. The summed E-state index contributed by atoms with van der Waals surface area (Å²) in [6.45, 7) is 0. The highest BCUT2D eigenvalue weighted by Gasteiger charge is 2.22. The van der Waals surface area contributed by atoms with Crippen molar-refractivity contribution in [2.75, 3.05) is 17.3 Å². The Morgan fingerprint density at radius 3 is 2.90 bits per heavy atom. The molecule has 0 N–H and O–H groups in total. The van der Waals surface area contributed by atoms with Crippen molar-refractivity contribution in [3.63, 3.8) is 0 Å². The molecule has 0 amide bonds. The molecule has 5 heteroatoms. The van der Waals surface area contributed by atoms with Gasteiger partial charge in [-0.3, -0.25) is 0 Å². The third-order valence-corrected chi connectivity index (χ3v) is 6.58. The molecule has 0 aromatic carbocycles. The first-order valence-electron chi connectivity index (χ1n) is 3.01. The molecule has 1 heterocycles. The van der Waals surface area contributed by atoms with Crippen LogP contribution in [0.15, 0.2) is 0 Å². The van der Waals surface area contributed by atoms with E-state index < -0.39 is 0 Å². The van der Waals surface area contributed by atoms with Crippen LogP contribution >= 0.6 is 58.6 Å². The number of rotatable bonds is 5. The zero-order valence-corrected chi connectivity index (χ0v) is 9.63. The Morgan fingerprint density at radius 2 is 2.40 bits per heavy atom. The Kier molecular flexibility index (Phi) is 5.32. The van der Waals surface area contributed by atoms with E-state index in [4.69, 9.17) is 0 Å². The van der Waals surface area contributed by atoms with E-state index in [1.165, 1.54) is 11.5 Å². The normalized spacial score (nSPS) is 26.4. The van der Waals surface area contributed by atoms with Crippen LogP contribution in [-0.2, 0) is 0 Å². The van der Waals surface area contributed by atoms with Gasteiger partial charge in [-0.05, 0) is 0 Å². The third kappa shape index (κ3) is 4.59. The molecule has 1 rings (SSSR count). The molecule has 1 aliphatic rings. The highest BCUT2D eigenvalue weighted by Crippen LogP contribution is 2.38. The molecule has 60 valence electrons. The van der Waals surface area contributed by atoms with Gasteiger partial charge in [0.25, 0.3) is 0 Å². The van der Waals surface area contributed by atoms with E-state index >= 15 is 0 Å². The summed E-state index contributed by atoms with van der Waals surface area (Å²) in [5, 5.41) is 0.943. The van der Waals surface area contributed by atoms with Gasteiger partial charge >= 0.3 is 0 Å². The van der Waals surface area contributed by atoms with Crippen LogP contribution in [0.1, 0.15) is 0 Å². The lowest BCUT2D eigenvalue weighted by molar-refractivity contribution is 1.28. The lowest BCUT2D eigenvalue weighted by atomic mass is 10.6. The summed E-state index contributed by atoms with van der Waals surface area (Å²) in [7, 11) is 3.76. The van der Waals surface area contributed by atoms with Gasteiger partial charge in [-0.2, -0.15) is 37.0 Å². The molecule has 2 atom stereocenters. The van der Waals surface area contributed by atoms with Crippen molar-refractivity contribution in [3.05, 3.63) is 0 Å². The van der Waals surface area contributed by atoms with E-state index in [1.807, 2.05) is 33.3 Å². The van der Waals surface area contributed by atoms with E-state index in [-0.39, 0.29) is 0 Å². The number of thiol groups is 2. The summed E-state index contributed by atoms with van der Waals surface area (Å²) in [6, 6.07) is 0. The predicted octanol–water partition coefficient (Wildman–Crippen LogP) is 2.67. The summed E-state index contributed by atoms with van der Waals surface area (Å²) in [5.41, 5.74) is 0. The second-order valence-electron chi connectivity index (χ2n) is 1.97. The standard InChI is InChI=1S/C5H10S5/c6-1-5(7)10-9-3-4-2-8-4/h4-7H,1-3H2. The number of hydrogen-bond donors (Lipinski definition) is 2. The monoisotopic (exact) mass is 230 g/mol. The molecule has 1 aliphatic heterocycles. The topological polar surface area (TPSA) is 0 Å². The van der Waals surface area contributed by atoms with Crippen LogP contribution in [0.25, 0.3) is 0 Å². The molecule has 1 fully saturated rings. The van der Waals surface area contributed by atoms with Crippen molar-refractivity contribution in [2.24, 2.45) is 0 Å². The van der Waals surface area contributed by atoms with Crippen LogP contribution in [0.3, 0.4) is 0 Å². The molecule has 0 aromatic rings. The Balaban J connectivity index is 1.83. The fourth-order valence-corrected chi connectivity index (χ4v) is 4.68. The minimum absolute atomic E-state index is 0.400. The molecule has 0 bridgehead atoms. The van der Waals surface area contributed by atoms with Crippen LogP contribution < -0.4 is 0 Å². The lowest BCUT2D eigenvalue weighted by Gasteiger charge is -2.03. The Morgan fingerprint density at radius 1 is 1.70 bits per heavy atom. The molecule has 2 unspecified atom stereocenters. The minimum atomic E-state index is 0.400. The van der Waals surface area contributed by atoms with Gasteiger partial charge in [-0.15, -0.1) is 0 Å². The molecule has 0 radical (unpaired) electrons. The summed E-state index contributed by atoms with van der Waals surface area (Å²) in [5.74, 6) is 3.50. The molecule has 0 nitrogen and oxygen atoms in total. The fourth-order valence-electron chi connectivity index (χ4n) is 0.388. The van der Waals surface area contributed by atoms with Crippen LogP contribution in [0.2, 0.25) is 0 Å². The number of thioether (sulfide) groups is 1. The second-order valence-corrected chi connectivity index (χ2v) is 7.26. The zero-order chi connectivity index (χ0) is 7.40. The number of hydrogen-bond acceptors (Lipinski definition) is 5. The van der Waals surface area contributed by atoms with E-state index in [0.717, 1.165) is 11.0 Å². The smallest absolute Gasteiger partial charge is 0.0663 e. The van der Waals surface area contributed by atoms with E-state index in [9.17, 15) is 0 Å². The maximum Gasteiger partial charge on any atom is 0.0663 e. The summed E-state index contributed by atoms with van der Waals surface area (Å²) in [6.07, 6.45) is 0. The van der Waals surface area contributed by atoms with Gasteiger partial charge in [0.1, 0.15) is 0 Å². The second kappa shape index (κ2) is 5.41. The predicted molar refractivity (Wildman–Crippen MR) is 62.9 cm³/mol. The van der Waals surface area contributed by atoms with Crippen LogP contribution in [0.5, 0.6) is 0 Å². The van der Waals surface area contributed by atoms with Crippen LogP contribution in [-0.4, -0.2) is 27.1 Å². The van der Waals surface area contributed by atoms with Gasteiger partial charge in [-0.25, -0.2) is 0 Å². The molecule has 0 saturated carbocycles. The van der Waals surface area contributed by atoms with Gasteiger partial charge < -0.3 is 0 Å². The minimum Gasteiger partial charge on any atom is -0.177 e. The van der Waals surface area contributed by atoms with Crippen molar-refractivity contribution >= 4 is 58.6 Å². The molecular formula is C5H10S5. The zero-order valence-electron chi connectivity index (χ0n) is 5.40. The van der Waals surface area contributed by atoms with Gasteiger partial charge in [0.05, 0.1) is 4.58 Å². The van der Waals surface area contributed by atoms with Crippen LogP contribution in [0.4, 0.5) is 0 Å². The Labute approximate surface area is 85.3 Å². The Bertz CT molecular complexity index is 92.0. The summed E-state index contributed by atoms with van der Waals surface area (Å²) < 4.78 is 0.400. The molecule has 1 saturated heterocycles. The fraction of sp³-hybridized carbons (Fsp3) is 1.00. The summed E-state index contributed by atoms with van der Waals surface area (Å²) >= 11 is 10.5. The maximum absolute atomic E-state index is 4.31. The lowest BCUT2D eigenvalue weighted by Crippen LogP contribution is -1.92. The van der Waals surface area contributed by atoms with E-state index in [1.54, 1.807) is 0 Å². The van der Waals surface area contributed by atoms with Crippen molar-refractivity contribution in [2.45, 2.75) is 9.83 Å². The van der Waals surface area contributed by atoms with Gasteiger partial charge in [0.15, 0.2) is 0 Å². The average molecular weight is 230 g/mol. The van der Waals surface area contributed by atoms with Crippen molar-refractivity contribution < 1.29 is 0 Å². The van der Waals surface area contributed by atoms with E-state index in [0.29, 0.717) is 4.58 Å². The summed E-state index contributed by atoms with van der Waals surface area (Å²) in [4.78, 5) is 0. The highest BCUT2D eigenvalue weighted by molar-refractivity contribution is 8.78. The van der Waals surface area contributed by atoms with Gasteiger partial charge in [0.2, 0.25) is 0 Å². The van der Waals surface area contributed by atoms with Gasteiger partial charge in [0, 0.05) is 22.5 Å². The highest BCUT2D eigenvalue weighted by atomic mass is 33.1. The first kappa shape index (κ1) is 9.84. The SMILES string of the molecule is SCC(S)SSCC1CS1. The van der Waals surface area contributed by atoms with Crippen molar-refractivity contribution in [1.82, 2.24) is 0 Å². The Hall–Kier alpha value is 1.75. The third-order valence-electron chi connectivity index (χ3n) is 0.992. The average Bonchev–Trinajstić information content (AvgIpc) is 2.71. The van der Waals surface area contributed by atoms with Crippen LogP contribution in [0, 0.1) is 0 Å². The molecule has 0 aliphatic carbocycles.